The Morgan fingerprint density at radius 2 is 1.65 bits per heavy atom. The van der Waals surface area contributed by atoms with Gasteiger partial charge in [-0.15, -0.1) is 0 Å². The van der Waals surface area contributed by atoms with Crippen molar-refractivity contribution < 1.29 is 14.3 Å². The molecule has 2 saturated heterocycles. The second kappa shape index (κ2) is 6.05. The number of hydrogen-bond acceptors (Lipinski definition) is 3. The Balaban J connectivity index is 1.53. The highest BCUT2D eigenvalue weighted by molar-refractivity contribution is 5.71. The number of carbonyl (C=O) groups excluding carboxylic acids is 1. The average Bonchev–Trinajstić information content (AvgIpc) is 2.90. The molecule has 23 heavy (non-hydrogen) atoms. The Bertz CT molecular complexity index is 674. The number of amides is 1. The van der Waals surface area contributed by atoms with Crippen molar-refractivity contribution in [3.8, 4) is 0 Å². The van der Waals surface area contributed by atoms with Gasteiger partial charge in [0.05, 0.1) is 18.7 Å². The van der Waals surface area contributed by atoms with Gasteiger partial charge in [-0.05, 0) is 17.5 Å². The summed E-state index contributed by atoms with van der Waals surface area (Å²) in [6.45, 7) is 1.02. The second-order valence-corrected chi connectivity index (χ2v) is 6.06. The first-order chi connectivity index (χ1) is 11.3. The topological polar surface area (TPSA) is 38.8 Å². The summed E-state index contributed by atoms with van der Waals surface area (Å²) in [4.78, 5) is 14.1. The van der Waals surface area contributed by atoms with E-state index in [0.717, 1.165) is 12.0 Å². The standard InChI is InChI=1S/C19H19NO3/c21-19-20(16(12-23-19)11-14-7-3-1-4-8-14)17-13-22-18(17)15-9-5-2-6-10-15/h1-10,16-18H,11-13H2/t16-,17-,18-/m0/s1. The molecule has 2 aromatic carbocycles. The van der Waals surface area contributed by atoms with Gasteiger partial charge in [-0.1, -0.05) is 60.7 Å². The number of benzene rings is 2. The summed E-state index contributed by atoms with van der Waals surface area (Å²) in [6.07, 6.45) is 0.533. The third-order valence-corrected chi connectivity index (χ3v) is 4.60. The number of hydrogen-bond donors (Lipinski definition) is 0. The number of cyclic esters (lactones) is 1. The normalized spacial score (nSPS) is 26.7. The zero-order chi connectivity index (χ0) is 15.6. The van der Waals surface area contributed by atoms with Crippen LogP contribution in [0.25, 0.3) is 0 Å². The fourth-order valence-corrected chi connectivity index (χ4v) is 3.39. The van der Waals surface area contributed by atoms with Gasteiger partial charge in [0.25, 0.3) is 0 Å². The Morgan fingerprint density at radius 3 is 2.30 bits per heavy atom. The lowest BCUT2D eigenvalue weighted by atomic mass is 9.95. The molecule has 0 aliphatic carbocycles. The molecule has 118 valence electrons. The molecule has 4 rings (SSSR count). The molecule has 2 aliphatic rings. The zero-order valence-electron chi connectivity index (χ0n) is 12.8. The summed E-state index contributed by atoms with van der Waals surface area (Å²) < 4.78 is 11.1. The fraction of sp³-hybridized carbons (Fsp3) is 0.316. The second-order valence-electron chi connectivity index (χ2n) is 6.06. The van der Waals surface area contributed by atoms with Crippen molar-refractivity contribution >= 4 is 6.09 Å². The molecule has 3 atom stereocenters. The Kier molecular flexibility index (Phi) is 3.75. The van der Waals surface area contributed by atoms with Crippen LogP contribution in [0.2, 0.25) is 0 Å². The predicted molar refractivity (Wildman–Crippen MR) is 86.0 cm³/mol. The van der Waals surface area contributed by atoms with Crippen LogP contribution in [0.3, 0.4) is 0 Å². The smallest absolute Gasteiger partial charge is 0.410 e. The van der Waals surface area contributed by atoms with E-state index in [1.165, 1.54) is 5.56 Å². The molecule has 0 aromatic heterocycles. The fourth-order valence-electron chi connectivity index (χ4n) is 3.39. The summed E-state index contributed by atoms with van der Waals surface area (Å²) >= 11 is 0. The minimum atomic E-state index is -0.222. The maximum Gasteiger partial charge on any atom is 0.410 e. The van der Waals surface area contributed by atoms with Crippen LogP contribution in [-0.2, 0) is 15.9 Å². The van der Waals surface area contributed by atoms with E-state index in [2.05, 4.69) is 12.1 Å². The van der Waals surface area contributed by atoms with Crippen LogP contribution in [0, 0.1) is 0 Å². The highest BCUT2D eigenvalue weighted by atomic mass is 16.6. The van der Waals surface area contributed by atoms with E-state index in [4.69, 9.17) is 9.47 Å². The van der Waals surface area contributed by atoms with Crippen molar-refractivity contribution in [2.24, 2.45) is 0 Å². The number of ether oxygens (including phenoxy) is 2. The lowest BCUT2D eigenvalue weighted by molar-refractivity contribution is -0.129. The van der Waals surface area contributed by atoms with Crippen LogP contribution in [0.4, 0.5) is 4.79 Å². The summed E-state index contributed by atoms with van der Waals surface area (Å²) in [5, 5.41) is 0. The van der Waals surface area contributed by atoms with Crippen molar-refractivity contribution in [2.45, 2.75) is 24.6 Å². The van der Waals surface area contributed by atoms with Gasteiger partial charge in [0.15, 0.2) is 0 Å². The van der Waals surface area contributed by atoms with Crippen LogP contribution >= 0.6 is 0 Å². The molecule has 0 saturated carbocycles. The van der Waals surface area contributed by atoms with Crippen molar-refractivity contribution in [2.75, 3.05) is 13.2 Å². The molecule has 1 amide bonds. The quantitative estimate of drug-likeness (QED) is 0.870. The van der Waals surface area contributed by atoms with Crippen LogP contribution in [0.1, 0.15) is 17.2 Å². The summed E-state index contributed by atoms with van der Waals surface area (Å²) in [6, 6.07) is 20.4. The molecule has 2 heterocycles. The first-order valence-corrected chi connectivity index (χ1v) is 7.98. The first-order valence-electron chi connectivity index (χ1n) is 7.98. The summed E-state index contributed by atoms with van der Waals surface area (Å²) in [7, 11) is 0. The van der Waals surface area contributed by atoms with Crippen LogP contribution in [-0.4, -0.2) is 36.3 Å². The molecule has 0 N–H and O–H groups in total. The van der Waals surface area contributed by atoms with Gasteiger partial charge in [0.1, 0.15) is 12.7 Å². The minimum Gasteiger partial charge on any atom is -0.447 e. The van der Waals surface area contributed by atoms with Gasteiger partial charge in [-0.25, -0.2) is 4.79 Å². The molecule has 4 heteroatoms. The van der Waals surface area contributed by atoms with Gasteiger partial charge in [-0.2, -0.15) is 0 Å². The van der Waals surface area contributed by atoms with E-state index < -0.39 is 0 Å². The van der Waals surface area contributed by atoms with E-state index >= 15 is 0 Å². The monoisotopic (exact) mass is 309 g/mol. The van der Waals surface area contributed by atoms with Gasteiger partial charge < -0.3 is 9.47 Å². The molecule has 2 aromatic rings. The maximum absolute atomic E-state index is 12.2. The molecule has 2 aliphatic heterocycles. The average molecular weight is 309 g/mol. The van der Waals surface area contributed by atoms with Crippen molar-refractivity contribution in [1.82, 2.24) is 4.90 Å². The summed E-state index contributed by atoms with van der Waals surface area (Å²) in [5.41, 5.74) is 2.33. The Morgan fingerprint density at radius 1 is 0.957 bits per heavy atom. The van der Waals surface area contributed by atoms with Crippen LogP contribution in [0.15, 0.2) is 60.7 Å². The van der Waals surface area contributed by atoms with Gasteiger partial charge >= 0.3 is 6.09 Å². The SMILES string of the molecule is O=C1OC[C@H](Cc2ccccc2)N1[C@H]1CO[C@H]1c1ccccc1. The molecule has 0 bridgehead atoms. The van der Waals surface area contributed by atoms with E-state index in [9.17, 15) is 4.79 Å². The van der Waals surface area contributed by atoms with Gasteiger partial charge in [0.2, 0.25) is 0 Å². The molecule has 4 nitrogen and oxygen atoms in total. The van der Waals surface area contributed by atoms with E-state index in [0.29, 0.717) is 13.2 Å². The third-order valence-electron chi connectivity index (χ3n) is 4.60. The van der Waals surface area contributed by atoms with E-state index in [1.54, 1.807) is 0 Å². The zero-order valence-corrected chi connectivity index (χ0v) is 12.8. The molecular formula is C19H19NO3. The highest BCUT2D eigenvalue weighted by Gasteiger charge is 2.47. The molecule has 0 radical (unpaired) electrons. The molecule has 0 spiro atoms. The van der Waals surface area contributed by atoms with Gasteiger partial charge in [0, 0.05) is 0 Å². The highest BCUT2D eigenvalue weighted by Crippen LogP contribution is 2.37. The van der Waals surface area contributed by atoms with Gasteiger partial charge in [-0.3, -0.25) is 4.90 Å². The minimum absolute atomic E-state index is 0.0554. The van der Waals surface area contributed by atoms with Crippen molar-refractivity contribution in [3.05, 3.63) is 71.8 Å². The molecular weight excluding hydrogens is 290 g/mol. The lowest BCUT2D eigenvalue weighted by Crippen LogP contribution is -2.55. The largest absolute Gasteiger partial charge is 0.447 e. The summed E-state index contributed by atoms with van der Waals surface area (Å²) in [5.74, 6) is 0. The number of nitrogens with zero attached hydrogens (tertiary/aromatic N) is 1. The number of rotatable bonds is 4. The van der Waals surface area contributed by atoms with Crippen molar-refractivity contribution in [3.63, 3.8) is 0 Å². The predicted octanol–water partition coefficient (Wildman–Crippen LogP) is 3.19. The maximum atomic E-state index is 12.2. The van der Waals surface area contributed by atoms with E-state index in [1.807, 2.05) is 53.4 Å². The Labute approximate surface area is 135 Å². The van der Waals surface area contributed by atoms with Crippen molar-refractivity contribution in [1.29, 1.82) is 0 Å². The number of carbonyl (C=O) groups is 1. The molecule has 0 unspecified atom stereocenters. The van der Waals surface area contributed by atoms with Crippen LogP contribution in [0.5, 0.6) is 0 Å². The van der Waals surface area contributed by atoms with Crippen LogP contribution < -0.4 is 0 Å². The van der Waals surface area contributed by atoms with E-state index in [-0.39, 0.29) is 24.3 Å². The third kappa shape index (κ3) is 2.70. The Hall–Kier alpha value is -2.33. The molecule has 2 fully saturated rings. The lowest BCUT2D eigenvalue weighted by Gasteiger charge is -2.43. The first kappa shape index (κ1) is 14.3.